The Morgan fingerprint density at radius 2 is 2.06 bits per heavy atom. The molecule has 2 heterocycles. The third-order valence-electron chi connectivity index (χ3n) is 2.88. The molecule has 17 heavy (non-hydrogen) atoms. The smallest absolute Gasteiger partial charge is 0.276 e. The summed E-state index contributed by atoms with van der Waals surface area (Å²) in [7, 11) is 0. The number of H-pyrrole nitrogens is 1. The van der Waals surface area contributed by atoms with E-state index in [4.69, 9.17) is 5.26 Å². The minimum atomic E-state index is -0.118. The van der Waals surface area contributed by atoms with Crippen LogP contribution in [0.1, 0.15) is 42.3 Å². The SMILES string of the molecule is Cc1nc2c(C#N)c(C)[nH]n2c(=O)c1C(C)C. The zero-order valence-electron chi connectivity index (χ0n) is 10.3. The maximum absolute atomic E-state index is 12.3. The predicted molar refractivity (Wildman–Crippen MR) is 64.1 cm³/mol. The van der Waals surface area contributed by atoms with Gasteiger partial charge in [0.25, 0.3) is 5.56 Å². The molecule has 5 heteroatoms. The average Bonchev–Trinajstić information content (AvgIpc) is 2.54. The van der Waals surface area contributed by atoms with Crippen molar-refractivity contribution in [2.24, 2.45) is 0 Å². The molecule has 0 saturated carbocycles. The molecule has 0 spiro atoms. The molecule has 0 unspecified atom stereocenters. The minimum absolute atomic E-state index is 0.112. The van der Waals surface area contributed by atoms with Crippen LogP contribution in [-0.2, 0) is 0 Å². The molecule has 0 aliphatic carbocycles. The first kappa shape index (κ1) is 11.4. The van der Waals surface area contributed by atoms with Gasteiger partial charge in [-0.2, -0.15) is 9.78 Å². The Kier molecular flexibility index (Phi) is 2.50. The molecule has 0 bridgehead atoms. The van der Waals surface area contributed by atoms with E-state index < -0.39 is 0 Å². The van der Waals surface area contributed by atoms with Gasteiger partial charge in [0.1, 0.15) is 11.6 Å². The van der Waals surface area contributed by atoms with Crippen LogP contribution in [0.15, 0.2) is 4.79 Å². The Bertz CT molecular complexity index is 685. The van der Waals surface area contributed by atoms with Gasteiger partial charge in [-0.3, -0.25) is 9.89 Å². The Hall–Kier alpha value is -2.09. The van der Waals surface area contributed by atoms with E-state index in [1.54, 1.807) is 13.8 Å². The molecule has 0 aromatic carbocycles. The highest BCUT2D eigenvalue weighted by atomic mass is 16.1. The first-order chi connectivity index (χ1) is 7.97. The Labute approximate surface area is 98.7 Å². The number of hydrogen-bond acceptors (Lipinski definition) is 3. The number of aromatic nitrogens is 3. The number of rotatable bonds is 1. The van der Waals surface area contributed by atoms with E-state index in [0.29, 0.717) is 28.2 Å². The number of nitrogens with one attached hydrogen (secondary N) is 1. The summed E-state index contributed by atoms with van der Waals surface area (Å²) in [4.78, 5) is 16.6. The molecule has 0 atom stereocenters. The monoisotopic (exact) mass is 230 g/mol. The second-order valence-electron chi connectivity index (χ2n) is 4.45. The molecule has 0 fully saturated rings. The van der Waals surface area contributed by atoms with Gasteiger partial charge >= 0.3 is 0 Å². The van der Waals surface area contributed by atoms with E-state index in [0.717, 1.165) is 0 Å². The summed E-state index contributed by atoms with van der Waals surface area (Å²) in [6.07, 6.45) is 0. The van der Waals surface area contributed by atoms with Crippen molar-refractivity contribution in [1.29, 1.82) is 5.26 Å². The maximum atomic E-state index is 12.3. The van der Waals surface area contributed by atoms with Crippen LogP contribution in [0.2, 0.25) is 0 Å². The standard InChI is InChI=1S/C12H14N4O/c1-6(2)10-8(4)14-11-9(5-13)7(3)15-16(11)12(10)17/h6,15H,1-4H3. The molecule has 0 radical (unpaired) electrons. The number of fused-ring (bicyclic) bond motifs is 1. The third kappa shape index (κ3) is 1.53. The minimum Gasteiger partial charge on any atom is -0.293 e. The van der Waals surface area contributed by atoms with E-state index in [9.17, 15) is 4.79 Å². The molecule has 5 nitrogen and oxygen atoms in total. The zero-order valence-corrected chi connectivity index (χ0v) is 10.3. The summed E-state index contributed by atoms with van der Waals surface area (Å²) in [6.45, 7) is 7.48. The molecule has 88 valence electrons. The summed E-state index contributed by atoms with van der Waals surface area (Å²) >= 11 is 0. The number of aryl methyl sites for hydroxylation is 2. The Morgan fingerprint density at radius 1 is 1.41 bits per heavy atom. The van der Waals surface area contributed by atoms with Gasteiger partial charge < -0.3 is 0 Å². The van der Waals surface area contributed by atoms with Crippen molar-refractivity contribution in [1.82, 2.24) is 14.6 Å². The molecule has 0 saturated heterocycles. The maximum Gasteiger partial charge on any atom is 0.276 e. The summed E-state index contributed by atoms with van der Waals surface area (Å²) in [5.74, 6) is 0.112. The van der Waals surface area contributed by atoms with Gasteiger partial charge in [0.05, 0.1) is 5.69 Å². The quantitative estimate of drug-likeness (QED) is 0.809. The average molecular weight is 230 g/mol. The van der Waals surface area contributed by atoms with Gasteiger partial charge in [0.15, 0.2) is 5.65 Å². The molecule has 2 rings (SSSR count). The van der Waals surface area contributed by atoms with Gasteiger partial charge in [-0.1, -0.05) is 13.8 Å². The molecular formula is C12H14N4O. The van der Waals surface area contributed by atoms with E-state index >= 15 is 0 Å². The fraction of sp³-hybridized carbons (Fsp3) is 0.417. The van der Waals surface area contributed by atoms with E-state index in [1.807, 2.05) is 13.8 Å². The molecule has 2 aromatic heterocycles. The zero-order chi connectivity index (χ0) is 12.7. The van der Waals surface area contributed by atoms with Crippen LogP contribution in [0.3, 0.4) is 0 Å². The molecule has 1 N–H and O–H groups in total. The van der Waals surface area contributed by atoms with Crippen LogP contribution in [0.25, 0.3) is 5.65 Å². The number of aromatic amines is 1. The van der Waals surface area contributed by atoms with E-state index in [2.05, 4.69) is 16.2 Å². The second kappa shape index (κ2) is 3.74. The summed E-state index contributed by atoms with van der Waals surface area (Å²) in [5.41, 5.74) is 2.77. The number of nitriles is 1. The van der Waals surface area contributed by atoms with E-state index in [-0.39, 0.29) is 11.5 Å². The Balaban J connectivity index is 2.98. The van der Waals surface area contributed by atoms with Crippen molar-refractivity contribution in [3.63, 3.8) is 0 Å². The normalized spacial score (nSPS) is 11.1. The van der Waals surface area contributed by atoms with E-state index in [1.165, 1.54) is 4.52 Å². The summed E-state index contributed by atoms with van der Waals surface area (Å²) in [6, 6.07) is 2.07. The Morgan fingerprint density at radius 3 is 2.59 bits per heavy atom. The first-order valence-corrected chi connectivity index (χ1v) is 5.49. The lowest BCUT2D eigenvalue weighted by Crippen LogP contribution is -2.22. The van der Waals surface area contributed by atoms with Crippen LogP contribution in [-0.4, -0.2) is 14.6 Å². The molecule has 0 amide bonds. The van der Waals surface area contributed by atoms with Crippen LogP contribution in [0, 0.1) is 25.2 Å². The number of hydrogen-bond donors (Lipinski definition) is 1. The van der Waals surface area contributed by atoms with Crippen LogP contribution >= 0.6 is 0 Å². The number of nitrogens with zero attached hydrogens (tertiary/aromatic N) is 3. The topological polar surface area (TPSA) is 73.9 Å². The fourth-order valence-corrected chi connectivity index (χ4v) is 2.10. The fourth-order valence-electron chi connectivity index (χ4n) is 2.10. The van der Waals surface area contributed by atoms with Crippen LogP contribution < -0.4 is 5.56 Å². The van der Waals surface area contributed by atoms with Gasteiger partial charge in [-0.25, -0.2) is 4.98 Å². The predicted octanol–water partition coefficient (Wildman–Crippen LogP) is 1.63. The van der Waals surface area contributed by atoms with Gasteiger partial charge in [-0.15, -0.1) is 0 Å². The molecular weight excluding hydrogens is 216 g/mol. The lowest BCUT2D eigenvalue weighted by atomic mass is 10.0. The summed E-state index contributed by atoms with van der Waals surface area (Å²) < 4.78 is 1.36. The van der Waals surface area contributed by atoms with Crippen molar-refractivity contribution >= 4 is 5.65 Å². The highest BCUT2D eigenvalue weighted by Gasteiger charge is 2.17. The third-order valence-corrected chi connectivity index (χ3v) is 2.88. The van der Waals surface area contributed by atoms with Gasteiger partial charge in [0.2, 0.25) is 0 Å². The van der Waals surface area contributed by atoms with Crippen molar-refractivity contribution < 1.29 is 0 Å². The van der Waals surface area contributed by atoms with Crippen molar-refractivity contribution in [2.75, 3.05) is 0 Å². The molecule has 0 aliphatic rings. The van der Waals surface area contributed by atoms with Crippen molar-refractivity contribution in [3.05, 3.63) is 32.9 Å². The lowest BCUT2D eigenvalue weighted by molar-refractivity contribution is 0.776. The highest BCUT2D eigenvalue weighted by Crippen LogP contribution is 2.16. The summed E-state index contributed by atoms with van der Waals surface area (Å²) in [5, 5.41) is 11.9. The lowest BCUT2D eigenvalue weighted by Gasteiger charge is -2.07. The molecule has 2 aromatic rings. The molecule has 0 aliphatic heterocycles. The first-order valence-electron chi connectivity index (χ1n) is 5.49. The van der Waals surface area contributed by atoms with Crippen LogP contribution in [0.5, 0.6) is 0 Å². The second-order valence-corrected chi connectivity index (χ2v) is 4.45. The van der Waals surface area contributed by atoms with Gasteiger partial charge in [-0.05, 0) is 19.8 Å². The largest absolute Gasteiger partial charge is 0.293 e. The van der Waals surface area contributed by atoms with Gasteiger partial charge in [0, 0.05) is 11.3 Å². The van der Waals surface area contributed by atoms with Crippen molar-refractivity contribution in [2.45, 2.75) is 33.6 Å². The highest BCUT2D eigenvalue weighted by molar-refractivity contribution is 5.58. The van der Waals surface area contributed by atoms with Crippen LogP contribution in [0.4, 0.5) is 0 Å². The van der Waals surface area contributed by atoms with Crippen molar-refractivity contribution in [3.8, 4) is 6.07 Å².